The first-order chi connectivity index (χ1) is 12.6. The van der Waals surface area contributed by atoms with E-state index < -0.39 is 11.6 Å². The third-order valence-corrected chi connectivity index (χ3v) is 5.23. The predicted octanol–water partition coefficient (Wildman–Crippen LogP) is 4.53. The van der Waals surface area contributed by atoms with Crippen molar-refractivity contribution in [1.82, 2.24) is 4.90 Å². The van der Waals surface area contributed by atoms with E-state index in [0.29, 0.717) is 12.5 Å². The zero-order chi connectivity index (χ0) is 18.1. The molecule has 0 saturated carbocycles. The molecule has 1 unspecified atom stereocenters. The van der Waals surface area contributed by atoms with Gasteiger partial charge in [0.2, 0.25) is 0 Å². The average molecular weight is 351 g/mol. The molecule has 3 aliphatic rings. The molecule has 1 heterocycles. The number of halogens is 1. The van der Waals surface area contributed by atoms with Gasteiger partial charge in [-0.2, -0.15) is 0 Å². The summed E-state index contributed by atoms with van der Waals surface area (Å²) in [6.45, 7) is 0.918. The molecule has 26 heavy (non-hydrogen) atoms. The van der Waals surface area contributed by atoms with Gasteiger partial charge in [-0.05, 0) is 72.6 Å². The summed E-state index contributed by atoms with van der Waals surface area (Å²) in [5.41, 5.74) is 4.09. The van der Waals surface area contributed by atoms with Crippen LogP contribution < -0.4 is 0 Å². The molecule has 4 rings (SSSR count). The van der Waals surface area contributed by atoms with Gasteiger partial charge in [0.15, 0.2) is 17.3 Å². The van der Waals surface area contributed by atoms with Crippen molar-refractivity contribution in [2.45, 2.75) is 25.7 Å². The van der Waals surface area contributed by atoms with Gasteiger partial charge in [-0.15, -0.1) is 0 Å². The second-order valence-electron chi connectivity index (χ2n) is 7.29. The minimum Gasteiger partial charge on any atom is -0.505 e. The Morgan fingerprint density at radius 1 is 1.31 bits per heavy atom. The molecule has 134 valence electrons. The van der Waals surface area contributed by atoms with Crippen molar-refractivity contribution < 1.29 is 14.3 Å². The Morgan fingerprint density at radius 3 is 2.92 bits per heavy atom. The quantitative estimate of drug-likeness (QED) is 0.626. The van der Waals surface area contributed by atoms with Crippen molar-refractivity contribution in [2.75, 3.05) is 13.1 Å². The third-order valence-electron chi connectivity index (χ3n) is 5.23. The second-order valence-corrected chi connectivity index (χ2v) is 7.29. The van der Waals surface area contributed by atoms with Crippen molar-refractivity contribution in [3.63, 3.8) is 0 Å². The first kappa shape index (κ1) is 16.8. The number of phenols is 1. The van der Waals surface area contributed by atoms with Crippen LogP contribution in [-0.2, 0) is 0 Å². The highest BCUT2D eigenvalue weighted by Gasteiger charge is 2.24. The minimum absolute atomic E-state index is 0.155. The molecule has 0 fully saturated rings. The Labute approximate surface area is 152 Å². The van der Waals surface area contributed by atoms with Gasteiger partial charge in [-0.1, -0.05) is 18.2 Å². The van der Waals surface area contributed by atoms with Crippen molar-refractivity contribution in [3.8, 4) is 5.75 Å². The number of fused-ring (bicyclic) bond motifs is 1. The highest BCUT2D eigenvalue weighted by molar-refractivity contribution is 5.98. The number of carbonyl (C=O) groups is 1. The van der Waals surface area contributed by atoms with E-state index in [1.54, 1.807) is 0 Å². The van der Waals surface area contributed by atoms with Gasteiger partial charge >= 0.3 is 0 Å². The van der Waals surface area contributed by atoms with Crippen LogP contribution in [0.2, 0.25) is 0 Å². The maximum atomic E-state index is 13.4. The molecule has 1 N–H and O–H groups in total. The summed E-state index contributed by atoms with van der Waals surface area (Å²) in [6, 6.07) is 3.77. The largest absolute Gasteiger partial charge is 0.505 e. The summed E-state index contributed by atoms with van der Waals surface area (Å²) < 4.78 is 13.4. The standard InChI is InChI=1S/C22H22FNO2/c23-20-11-17(6-7-21(20)25)22(26)14-24-12-18-9-16(10-19(18)13-24)8-15-4-2-1-3-5-15/h2,4,6-7,9-12,15,25H,1,3,5,8,13-14H2. The van der Waals surface area contributed by atoms with Crippen molar-refractivity contribution >= 4 is 5.78 Å². The molecule has 1 atom stereocenters. The fourth-order valence-electron chi connectivity index (χ4n) is 3.89. The first-order valence-electron chi connectivity index (χ1n) is 9.14. The van der Waals surface area contributed by atoms with Crippen molar-refractivity contribution in [2.24, 2.45) is 5.92 Å². The number of carbonyl (C=O) groups excluding carboxylic acids is 1. The lowest BCUT2D eigenvalue weighted by molar-refractivity contribution is 0.0960. The van der Waals surface area contributed by atoms with Crippen LogP contribution in [0.3, 0.4) is 0 Å². The normalized spacial score (nSPS) is 21.3. The van der Waals surface area contributed by atoms with E-state index in [0.717, 1.165) is 12.5 Å². The molecule has 0 radical (unpaired) electrons. The monoisotopic (exact) mass is 351 g/mol. The van der Waals surface area contributed by atoms with E-state index in [9.17, 15) is 14.3 Å². The molecule has 2 aliphatic carbocycles. The van der Waals surface area contributed by atoms with Crippen LogP contribution in [0.25, 0.3) is 0 Å². The van der Waals surface area contributed by atoms with Crippen molar-refractivity contribution in [3.05, 3.63) is 76.8 Å². The van der Waals surface area contributed by atoms with E-state index >= 15 is 0 Å². The molecule has 1 aromatic rings. The molecule has 0 saturated heterocycles. The summed E-state index contributed by atoms with van der Waals surface area (Å²) in [5.74, 6) is -0.708. The van der Waals surface area contributed by atoms with Crippen LogP contribution >= 0.6 is 0 Å². The lowest BCUT2D eigenvalue weighted by Gasteiger charge is -2.17. The highest BCUT2D eigenvalue weighted by atomic mass is 19.1. The number of allylic oxidation sites excluding steroid dienone is 5. The molecule has 0 bridgehead atoms. The summed E-state index contributed by atoms with van der Waals surface area (Å²) in [7, 11) is 0. The first-order valence-corrected chi connectivity index (χ1v) is 9.14. The van der Waals surface area contributed by atoms with Gasteiger partial charge < -0.3 is 10.0 Å². The van der Waals surface area contributed by atoms with E-state index in [1.807, 2.05) is 11.1 Å². The van der Waals surface area contributed by atoms with Crippen LogP contribution in [0.15, 0.2) is 65.4 Å². The van der Waals surface area contributed by atoms with E-state index in [-0.39, 0.29) is 17.9 Å². The molecule has 4 heteroatoms. The number of ketones is 1. The van der Waals surface area contributed by atoms with Gasteiger partial charge in [0.05, 0.1) is 6.54 Å². The Hall–Kier alpha value is -2.62. The van der Waals surface area contributed by atoms with Crippen LogP contribution in [0.4, 0.5) is 4.39 Å². The average Bonchev–Trinajstić information content (AvgIpc) is 3.16. The van der Waals surface area contributed by atoms with Gasteiger partial charge in [-0.25, -0.2) is 4.39 Å². The summed E-state index contributed by atoms with van der Waals surface area (Å²) in [4.78, 5) is 14.3. The number of hydrogen-bond donors (Lipinski definition) is 1. The van der Waals surface area contributed by atoms with E-state index in [2.05, 4.69) is 24.3 Å². The third kappa shape index (κ3) is 3.50. The Morgan fingerprint density at radius 2 is 2.19 bits per heavy atom. The smallest absolute Gasteiger partial charge is 0.182 e. The second kappa shape index (κ2) is 6.94. The zero-order valence-corrected chi connectivity index (χ0v) is 14.6. The van der Waals surface area contributed by atoms with E-state index in [4.69, 9.17) is 0 Å². The van der Waals surface area contributed by atoms with Gasteiger partial charge in [0, 0.05) is 18.3 Å². The molecule has 3 nitrogen and oxygen atoms in total. The molecular weight excluding hydrogens is 329 g/mol. The maximum Gasteiger partial charge on any atom is 0.182 e. The Balaban J connectivity index is 1.39. The number of rotatable bonds is 5. The highest BCUT2D eigenvalue weighted by Crippen LogP contribution is 2.34. The Bertz CT molecular complexity index is 863. The van der Waals surface area contributed by atoms with Crippen LogP contribution in [0.5, 0.6) is 5.75 Å². The molecule has 1 aliphatic heterocycles. The van der Waals surface area contributed by atoms with Crippen LogP contribution in [0, 0.1) is 11.7 Å². The van der Waals surface area contributed by atoms with E-state index in [1.165, 1.54) is 48.1 Å². The van der Waals surface area contributed by atoms with Crippen LogP contribution in [0.1, 0.15) is 36.0 Å². The van der Waals surface area contributed by atoms with Crippen LogP contribution in [-0.4, -0.2) is 28.9 Å². The summed E-state index contributed by atoms with van der Waals surface area (Å²) in [6.07, 6.45) is 16.0. The van der Waals surface area contributed by atoms with Crippen molar-refractivity contribution in [1.29, 1.82) is 0 Å². The molecule has 0 spiro atoms. The number of Topliss-reactive ketones (excluding diaryl/α,β-unsaturated/α-hetero) is 1. The number of phenolic OH excluding ortho intramolecular Hbond substituents is 1. The lowest BCUT2D eigenvalue weighted by Crippen LogP contribution is -2.24. The maximum absolute atomic E-state index is 13.4. The lowest BCUT2D eigenvalue weighted by atomic mass is 9.90. The minimum atomic E-state index is -0.764. The molecule has 0 amide bonds. The predicted molar refractivity (Wildman–Crippen MR) is 99.3 cm³/mol. The number of hydrogen-bond acceptors (Lipinski definition) is 3. The number of benzene rings is 1. The molecule has 0 aromatic heterocycles. The fourth-order valence-corrected chi connectivity index (χ4v) is 3.89. The fraction of sp³-hybridized carbons (Fsp3) is 0.318. The van der Waals surface area contributed by atoms with Gasteiger partial charge in [0.1, 0.15) is 0 Å². The molecular formula is C22H22FNO2. The number of aromatic hydroxyl groups is 1. The van der Waals surface area contributed by atoms with Gasteiger partial charge in [-0.3, -0.25) is 4.79 Å². The SMILES string of the molecule is O=C(CN1C=C2C=C(CC3C=CCCC3)C=C2C1)c1ccc(O)c(F)c1. The molecule has 1 aromatic carbocycles. The zero-order valence-electron chi connectivity index (χ0n) is 14.6. The number of nitrogens with zero attached hydrogens (tertiary/aromatic N) is 1. The summed E-state index contributed by atoms with van der Waals surface area (Å²) >= 11 is 0. The summed E-state index contributed by atoms with van der Waals surface area (Å²) in [5, 5.41) is 9.24. The Kier molecular flexibility index (Phi) is 4.49. The van der Waals surface area contributed by atoms with Gasteiger partial charge in [0.25, 0.3) is 0 Å². The topological polar surface area (TPSA) is 40.5 Å².